The first kappa shape index (κ1) is 23.0. The number of aryl methyl sites for hydroxylation is 1. The first-order valence-corrected chi connectivity index (χ1v) is 11.5. The summed E-state index contributed by atoms with van der Waals surface area (Å²) in [4.78, 5) is 57.1. The Morgan fingerprint density at radius 2 is 1.71 bits per heavy atom. The summed E-state index contributed by atoms with van der Waals surface area (Å²) in [5.74, 6) is -3.15. The van der Waals surface area contributed by atoms with Crippen molar-refractivity contribution in [3.8, 4) is 5.75 Å². The Kier molecular flexibility index (Phi) is 5.59. The smallest absolute Gasteiger partial charge is 0.307 e. The Hall–Kier alpha value is -3.72. The third-order valence-electron chi connectivity index (χ3n) is 7.48. The Balaban J connectivity index is 1.69. The van der Waals surface area contributed by atoms with E-state index >= 15 is 0 Å². The number of amides is 3. The van der Waals surface area contributed by atoms with Crippen molar-refractivity contribution < 1.29 is 28.7 Å². The van der Waals surface area contributed by atoms with Gasteiger partial charge in [0.15, 0.2) is 0 Å². The van der Waals surface area contributed by atoms with Crippen molar-refractivity contribution in [3.63, 3.8) is 0 Å². The van der Waals surface area contributed by atoms with Gasteiger partial charge in [0.2, 0.25) is 17.7 Å². The van der Waals surface area contributed by atoms with Crippen LogP contribution in [0.2, 0.25) is 0 Å². The maximum Gasteiger partial charge on any atom is 0.307 e. The summed E-state index contributed by atoms with van der Waals surface area (Å²) in [7, 11) is 2.81. The number of hydrogen-bond acceptors (Lipinski definition) is 7. The predicted molar refractivity (Wildman–Crippen MR) is 125 cm³/mol. The molecular formula is C26H27N3O6. The molecule has 0 bridgehead atoms. The van der Waals surface area contributed by atoms with Crippen LogP contribution in [-0.4, -0.2) is 61.4 Å². The summed E-state index contributed by atoms with van der Waals surface area (Å²) in [6.07, 6.45) is -0.329. The zero-order chi connectivity index (χ0) is 24.9. The third-order valence-corrected chi connectivity index (χ3v) is 7.48. The minimum atomic E-state index is -1.53. The molecule has 0 saturated carbocycles. The monoisotopic (exact) mass is 477 g/mol. The van der Waals surface area contributed by atoms with E-state index in [1.54, 1.807) is 31.4 Å². The number of piperazine rings is 1. The molecule has 3 aliphatic rings. The molecule has 3 saturated heterocycles. The van der Waals surface area contributed by atoms with E-state index in [1.165, 1.54) is 12.0 Å². The molecule has 2 aromatic rings. The molecule has 35 heavy (non-hydrogen) atoms. The van der Waals surface area contributed by atoms with Gasteiger partial charge in [0.25, 0.3) is 0 Å². The number of anilines is 1. The van der Waals surface area contributed by atoms with Gasteiger partial charge in [0.1, 0.15) is 11.3 Å². The summed E-state index contributed by atoms with van der Waals surface area (Å²) in [6.45, 7) is 2.65. The van der Waals surface area contributed by atoms with Crippen molar-refractivity contribution in [1.29, 1.82) is 0 Å². The van der Waals surface area contributed by atoms with Gasteiger partial charge in [0.05, 0.1) is 38.2 Å². The molecule has 0 aliphatic carbocycles. The molecule has 3 heterocycles. The molecule has 2 aromatic carbocycles. The predicted octanol–water partition coefficient (Wildman–Crippen LogP) is 1.60. The molecule has 5 rings (SSSR count). The summed E-state index contributed by atoms with van der Waals surface area (Å²) >= 11 is 0. The van der Waals surface area contributed by atoms with E-state index in [1.807, 2.05) is 36.1 Å². The van der Waals surface area contributed by atoms with E-state index in [-0.39, 0.29) is 12.3 Å². The molecular weight excluding hydrogens is 450 g/mol. The average molecular weight is 478 g/mol. The highest BCUT2D eigenvalue weighted by Crippen LogP contribution is 2.57. The van der Waals surface area contributed by atoms with Crippen LogP contribution in [0.1, 0.15) is 23.6 Å². The van der Waals surface area contributed by atoms with Crippen molar-refractivity contribution >= 4 is 29.4 Å². The molecule has 0 unspecified atom stereocenters. The Bertz CT molecular complexity index is 1190. The molecule has 4 atom stereocenters. The number of nitrogens with zero attached hydrogens (tertiary/aromatic N) is 2. The van der Waals surface area contributed by atoms with E-state index in [2.05, 4.69) is 5.32 Å². The highest BCUT2D eigenvalue weighted by molar-refractivity contribution is 6.24. The van der Waals surface area contributed by atoms with Crippen LogP contribution in [0.4, 0.5) is 5.69 Å². The summed E-state index contributed by atoms with van der Waals surface area (Å²) in [5.41, 5.74) is 0.676. The fourth-order valence-electron chi connectivity index (χ4n) is 5.91. The lowest BCUT2D eigenvalue weighted by molar-refractivity contribution is -0.154. The minimum absolute atomic E-state index is 0.329. The fraction of sp³-hybridized carbons (Fsp3) is 0.385. The number of fused-ring (bicyclic) bond motifs is 3. The van der Waals surface area contributed by atoms with Gasteiger partial charge >= 0.3 is 5.97 Å². The van der Waals surface area contributed by atoms with Crippen molar-refractivity contribution in [2.24, 2.45) is 11.8 Å². The number of esters is 1. The normalized spacial score (nSPS) is 27.9. The number of benzene rings is 2. The lowest BCUT2D eigenvalue weighted by atomic mass is 9.76. The lowest BCUT2D eigenvalue weighted by Gasteiger charge is -2.45. The van der Waals surface area contributed by atoms with Crippen molar-refractivity contribution in [3.05, 3.63) is 59.7 Å². The van der Waals surface area contributed by atoms with Gasteiger partial charge in [0, 0.05) is 19.1 Å². The fourth-order valence-corrected chi connectivity index (χ4v) is 5.91. The molecule has 9 nitrogen and oxygen atoms in total. The van der Waals surface area contributed by atoms with Crippen LogP contribution in [-0.2, 0) is 23.9 Å². The number of carbonyl (C=O) groups excluding carboxylic acids is 4. The number of ether oxygens (including phenoxy) is 2. The van der Waals surface area contributed by atoms with Crippen LogP contribution < -0.4 is 15.0 Å². The zero-order valence-corrected chi connectivity index (χ0v) is 19.8. The molecule has 9 heteroatoms. The van der Waals surface area contributed by atoms with Gasteiger partial charge < -0.3 is 14.8 Å². The highest BCUT2D eigenvalue weighted by atomic mass is 16.5. The van der Waals surface area contributed by atoms with Gasteiger partial charge in [-0.3, -0.25) is 24.1 Å². The van der Waals surface area contributed by atoms with Crippen LogP contribution >= 0.6 is 0 Å². The maximum atomic E-state index is 14.0. The van der Waals surface area contributed by atoms with Gasteiger partial charge in [-0.2, -0.15) is 0 Å². The van der Waals surface area contributed by atoms with E-state index in [9.17, 15) is 19.2 Å². The number of hydrogen-bond donors (Lipinski definition) is 1. The Morgan fingerprint density at radius 3 is 2.34 bits per heavy atom. The molecule has 0 aromatic heterocycles. The van der Waals surface area contributed by atoms with Crippen LogP contribution in [0.15, 0.2) is 48.5 Å². The minimum Gasteiger partial charge on any atom is -0.497 e. The Labute approximate surface area is 203 Å². The first-order chi connectivity index (χ1) is 16.8. The molecule has 0 spiro atoms. The molecule has 3 amide bonds. The second-order valence-electron chi connectivity index (χ2n) is 9.20. The number of nitrogens with one attached hydrogen (secondary N) is 1. The maximum absolute atomic E-state index is 14.0. The van der Waals surface area contributed by atoms with Crippen molar-refractivity contribution in [2.75, 3.05) is 32.2 Å². The van der Waals surface area contributed by atoms with E-state index < -0.39 is 41.2 Å². The molecule has 3 aliphatic heterocycles. The molecule has 3 fully saturated rings. The standard InChI is InChI=1S/C26H27N3O6/c1-15-4-8-17(9-5-15)29-23(31)20-21(24(29)32)26(14-19(30)35-3)25(33)27-12-13-28(26)22(20)16-6-10-18(34-2)11-7-16/h4-11,20-22H,12-14H2,1-3H3,(H,27,33)/t20-,21-,22-,26-/m0/s1. The van der Waals surface area contributed by atoms with Crippen LogP contribution in [0.5, 0.6) is 5.75 Å². The topological polar surface area (TPSA) is 105 Å². The third kappa shape index (κ3) is 3.33. The highest BCUT2D eigenvalue weighted by Gasteiger charge is 2.73. The summed E-state index contributed by atoms with van der Waals surface area (Å²) in [5, 5.41) is 2.83. The average Bonchev–Trinajstić information content (AvgIpc) is 3.30. The molecule has 1 N–H and O–H groups in total. The summed E-state index contributed by atoms with van der Waals surface area (Å²) < 4.78 is 10.2. The van der Waals surface area contributed by atoms with Crippen LogP contribution in [0.3, 0.4) is 0 Å². The quantitative estimate of drug-likeness (QED) is 0.515. The summed E-state index contributed by atoms with van der Waals surface area (Å²) in [6, 6.07) is 13.8. The van der Waals surface area contributed by atoms with E-state index in [4.69, 9.17) is 9.47 Å². The lowest BCUT2D eigenvalue weighted by Crippen LogP contribution is -2.67. The van der Waals surface area contributed by atoms with Gasteiger partial charge in [-0.25, -0.2) is 4.90 Å². The number of methoxy groups -OCH3 is 2. The van der Waals surface area contributed by atoms with Gasteiger partial charge in [-0.1, -0.05) is 29.8 Å². The second kappa shape index (κ2) is 8.49. The van der Waals surface area contributed by atoms with E-state index in [0.29, 0.717) is 24.5 Å². The van der Waals surface area contributed by atoms with Crippen molar-refractivity contribution in [1.82, 2.24) is 10.2 Å². The SMILES string of the molecule is COC(=O)C[C@]12C(=O)NCCN1[C@@H](c1ccc(OC)cc1)[C@H]1C(=O)N(c3ccc(C)cc3)C(=O)[C@H]12. The first-order valence-electron chi connectivity index (χ1n) is 11.5. The van der Waals surface area contributed by atoms with Gasteiger partial charge in [-0.05, 0) is 36.8 Å². The largest absolute Gasteiger partial charge is 0.497 e. The van der Waals surface area contributed by atoms with Crippen molar-refractivity contribution in [2.45, 2.75) is 24.9 Å². The number of imide groups is 1. The Morgan fingerprint density at radius 1 is 1.03 bits per heavy atom. The number of rotatable bonds is 5. The van der Waals surface area contributed by atoms with Crippen LogP contribution in [0, 0.1) is 18.8 Å². The van der Waals surface area contributed by atoms with Crippen LogP contribution in [0.25, 0.3) is 0 Å². The van der Waals surface area contributed by atoms with E-state index in [0.717, 1.165) is 11.1 Å². The molecule has 0 radical (unpaired) electrons. The van der Waals surface area contributed by atoms with Gasteiger partial charge in [-0.15, -0.1) is 0 Å². The second-order valence-corrected chi connectivity index (χ2v) is 9.20. The molecule has 182 valence electrons. The number of carbonyl (C=O) groups is 4. The zero-order valence-electron chi connectivity index (χ0n) is 19.8.